The third kappa shape index (κ3) is 5.17. The van der Waals surface area contributed by atoms with Crippen molar-refractivity contribution in [2.45, 2.75) is 20.1 Å². The molecule has 112 valence electrons. The van der Waals surface area contributed by atoms with E-state index in [0.717, 1.165) is 35.5 Å². The molecular weight excluding hydrogens is 264 g/mol. The molecular formula is C17H22N2O2. The Balaban J connectivity index is 1.93. The molecule has 0 saturated carbocycles. The summed E-state index contributed by atoms with van der Waals surface area (Å²) in [5.41, 5.74) is 3.37. The van der Waals surface area contributed by atoms with Crippen LogP contribution in [0.1, 0.15) is 16.7 Å². The van der Waals surface area contributed by atoms with Crippen molar-refractivity contribution < 1.29 is 9.47 Å². The fourth-order valence-corrected chi connectivity index (χ4v) is 2.05. The number of benzene rings is 1. The molecule has 0 bridgehead atoms. The van der Waals surface area contributed by atoms with Crippen LogP contribution in [-0.4, -0.2) is 25.2 Å². The summed E-state index contributed by atoms with van der Waals surface area (Å²) >= 11 is 0. The number of hydrogen-bond acceptors (Lipinski definition) is 4. The second kappa shape index (κ2) is 8.39. The van der Waals surface area contributed by atoms with Crippen LogP contribution in [-0.2, 0) is 17.9 Å². The molecule has 0 fully saturated rings. The Morgan fingerprint density at radius 1 is 1.19 bits per heavy atom. The Labute approximate surface area is 126 Å². The fraction of sp³-hybridized carbons (Fsp3) is 0.353. The molecule has 4 heteroatoms. The van der Waals surface area contributed by atoms with Gasteiger partial charge in [-0.3, -0.25) is 4.98 Å². The van der Waals surface area contributed by atoms with Crippen molar-refractivity contribution in [3.8, 4) is 5.75 Å². The molecule has 0 spiro atoms. The van der Waals surface area contributed by atoms with E-state index in [-0.39, 0.29) is 0 Å². The van der Waals surface area contributed by atoms with Crippen molar-refractivity contribution in [3.63, 3.8) is 0 Å². The van der Waals surface area contributed by atoms with Gasteiger partial charge in [-0.25, -0.2) is 0 Å². The Hall–Kier alpha value is -1.91. The fourth-order valence-electron chi connectivity index (χ4n) is 2.05. The lowest BCUT2D eigenvalue weighted by Gasteiger charge is -2.12. The van der Waals surface area contributed by atoms with Crippen molar-refractivity contribution in [3.05, 3.63) is 59.4 Å². The molecule has 21 heavy (non-hydrogen) atoms. The van der Waals surface area contributed by atoms with Gasteiger partial charge in [-0.05, 0) is 24.6 Å². The van der Waals surface area contributed by atoms with Crippen molar-refractivity contribution in [1.82, 2.24) is 10.3 Å². The van der Waals surface area contributed by atoms with Gasteiger partial charge in [0, 0.05) is 43.7 Å². The Kier molecular flexibility index (Phi) is 6.19. The summed E-state index contributed by atoms with van der Waals surface area (Å²) in [6.45, 7) is 4.87. The molecule has 1 heterocycles. The van der Waals surface area contributed by atoms with Crippen molar-refractivity contribution in [2.24, 2.45) is 0 Å². The Morgan fingerprint density at radius 2 is 2.05 bits per heavy atom. The van der Waals surface area contributed by atoms with E-state index in [4.69, 9.17) is 9.47 Å². The maximum atomic E-state index is 5.92. The van der Waals surface area contributed by atoms with Gasteiger partial charge in [0.1, 0.15) is 12.4 Å². The topological polar surface area (TPSA) is 43.4 Å². The second-order valence-corrected chi connectivity index (χ2v) is 4.94. The third-order valence-corrected chi connectivity index (χ3v) is 3.10. The van der Waals surface area contributed by atoms with Gasteiger partial charge in [-0.1, -0.05) is 18.2 Å². The van der Waals surface area contributed by atoms with Crippen LogP contribution in [0.5, 0.6) is 5.75 Å². The second-order valence-electron chi connectivity index (χ2n) is 4.94. The van der Waals surface area contributed by atoms with Crippen LogP contribution in [0.2, 0.25) is 0 Å². The van der Waals surface area contributed by atoms with Crippen molar-refractivity contribution in [2.75, 3.05) is 20.3 Å². The first-order chi connectivity index (χ1) is 10.3. The molecule has 0 unspecified atom stereocenters. The molecule has 0 amide bonds. The molecule has 0 saturated heterocycles. The molecule has 0 aliphatic carbocycles. The van der Waals surface area contributed by atoms with Gasteiger partial charge in [0.2, 0.25) is 0 Å². The minimum Gasteiger partial charge on any atom is -0.489 e. The van der Waals surface area contributed by atoms with E-state index in [0.29, 0.717) is 13.2 Å². The first-order valence-electron chi connectivity index (χ1n) is 7.10. The van der Waals surface area contributed by atoms with Gasteiger partial charge in [-0.2, -0.15) is 0 Å². The number of aryl methyl sites for hydroxylation is 1. The SMILES string of the molecule is COCCNCc1ccccc1OCc1cncc(C)c1. The summed E-state index contributed by atoms with van der Waals surface area (Å²) in [6.07, 6.45) is 3.68. The first kappa shape index (κ1) is 15.5. The van der Waals surface area contributed by atoms with Gasteiger partial charge >= 0.3 is 0 Å². The van der Waals surface area contributed by atoms with Gasteiger partial charge < -0.3 is 14.8 Å². The average Bonchev–Trinajstić information content (AvgIpc) is 2.50. The average molecular weight is 286 g/mol. The van der Waals surface area contributed by atoms with Crippen molar-refractivity contribution >= 4 is 0 Å². The van der Waals surface area contributed by atoms with E-state index in [1.807, 2.05) is 37.5 Å². The van der Waals surface area contributed by atoms with Crippen LogP contribution in [0, 0.1) is 6.92 Å². The van der Waals surface area contributed by atoms with Gasteiger partial charge in [0.25, 0.3) is 0 Å². The van der Waals surface area contributed by atoms with Crippen LogP contribution < -0.4 is 10.1 Å². The summed E-state index contributed by atoms with van der Waals surface area (Å²) in [4.78, 5) is 4.18. The van der Waals surface area contributed by atoms with Crippen LogP contribution in [0.3, 0.4) is 0 Å². The van der Waals surface area contributed by atoms with E-state index in [2.05, 4.69) is 22.4 Å². The summed E-state index contributed by atoms with van der Waals surface area (Å²) in [5.74, 6) is 0.906. The lowest BCUT2D eigenvalue weighted by molar-refractivity contribution is 0.199. The lowest BCUT2D eigenvalue weighted by Crippen LogP contribution is -2.19. The maximum Gasteiger partial charge on any atom is 0.124 e. The zero-order chi connectivity index (χ0) is 14.9. The highest BCUT2D eigenvalue weighted by Gasteiger charge is 2.03. The van der Waals surface area contributed by atoms with E-state index in [1.54, 1.807) is 7.11 Å². The molecule has 2 aromatic rings. The van der Waals surface area contributed by atoms with Gasteiger partial charge in [0.05, 0.1) is 6.61 Å². The number of ether oxygens (including phenoxy) is 2. The molecule has 0 aliphatic heterocycles. The smallest absolute Gasteiger partial charge is 0.124 e. The van der Waals surface area contributed by atoms with Crippen LogP contribution in [0.25, 0.3) is 0 Å². The number of methoxy groups -OCH3 is 1. The monoisotopic (exact) mass is 286 g/mol. The molecule has 1 aromatic heterocycles. The highest BCUT2D eigenvalue weighted by molar-refractivity contribution is 5.33. The van der Waals surface area contributed by atoms with Gasteiger partial charge in [0.15, 0.2) is 0 Å². The van der Waals surface area contributed by atoms with E-state index in [9.17, 15) is 0 Å². The first-order valence-corrected chi connectivity index (χ1v) is 7.10. The zero-order valence-electron chi connectivity index (χ0n) is 12.6. The predicted octanol–water partition coefficient (Wildman–Crippen LogP) is 2.71. The quantitative estimate of drug-likeness (QED) is 0.758. The summed E-state index contributed by atoms with van der Waals surface area (Å²) in [5, 5.41) is 3.33. The van der Waals surface area contributed by atoms with E-state index >= 15 is 0 Å². The number of para-hydroxylation sites is 1. The van der Waals surface area contributed by atoms with Gasteiger partial charge in [-0.15, -0.1) is 0 Å². The molecule has 1 aromatic carbocycles. The van der Waals surface area contributed by atoms with Crippen LogP contribution in [0.4, 0.5) is 0 Å². The number of rotatable bonds is 8. The predicted molar refractivity (Wildman–Crippen MR) is 83.3 cm³/mol. The summed E-state index contributed by atoms with van der Waals surface area (Å²) in [7, 11) is 1.70. The Bertz CT molecular complexity index is 558. The number of pyridine rings is 1. The van der Waals surface area contributed by atoms with E-state index < -0.39 is 0 Å². The molecule has 2 rings (SSSR count). The largest absolute Gasteiger partial charge is 0.489 e. The van der Waals surface area contributed by atoms with Crippen LogP contribution in [0.15, 0.2) is 42.7 Å². The standard InChI is InChI=1S/C17H22N2O2/c1-14-9-15(11-19-10-14)13-21-17-6-4-3-5-16(17)12-18-7-8-20-2/h3-6,9-11,18H,7-8,12-13H2,1-2H3. The molecule has 0 radical (unpaired) electrons. The zero-order valence-corrected chi connectivity index (χ0v) is 12.6. The highest BCUT2D eigenvalue weighted by atomic mass is 16.5. The summed E-state index contributed by atoms with van der Waals surface area (Å²) < 4.78 is 10.9. The highest BCUT2D eigenvalue weighted by Crippen LogP contribution is 2.19. The lowest BCUT2D eigenvalue weighted by atomic mass is 10.2. The number of nitrogens with zero attached hydrogens (tertiary/aromatic N) is 1. The maximum absolute atomic E-state index is 5.92. The van der Waals surface area contributed by atoms with Crippen LogP contribution >= 0.6 is 0 Å². The molecule has 0 aliphatic rings. The minimum absolute atomic E-state index is 0.532. The third-order valence-electron chi connectivity index (χ3n) is 3.10. The van der Waals surface area contributed by atoms with E-state index in [1.165, 1.54) is 0 Å². The number of nitrogens with one attached hydrogen (secondary N) is 1. The Morgan fingerprint density at radius 3 is 2.86 bits per heavy atom. The minimum atomic E-state index is 0.532. The normalized spacial score (nSPS) is 10.6. The molecule has 4 nitrogen and oxygen atoms in total. The molecule has 0 atom stereocenters. The number of aromatic nitrogens is 1. The summed E-state index contributed by atoms with van der Waals surface area (Å²) in [6, 6.07) is 10.2. The molecule has 1 N–H and O–H groups in total. The number of hydrogen-bond donors (Lipinski definition) is 1. The van der Waals surface area contributed by atoms with Crippen molar-refractivity contribution in [1.29, 1.82) is 0 Å².